The standard InChI is InChI=1S/C6H10N2OS/c1-5(2)9-3-6-8-7-4-10-6/h4-5H,3H2,1-2H3. The van der Waals surface area contributed by atoms with Gasteiger partial charge in [0.05, 0.1) is 6.10 Å². The van der Waals surface area contributed by atoms with Gasteiger partial charge in [-0.05, 0) is 13.8 Å². The van der Waals surface area contributed by atoms with E-state index in [1.807, 2.05) is 13.8 Å². The van der Waals surface area contributed by atoms with E-state index in [1.165, 1.54) is 11.3 Å². The van der Waals surface area contributed by atoms with Gasteiger partial charge in [-0.15, -0.1) is 21.5 Å². The lowest BCUT2D eigenvalue weighted by molar-refractivity contribution is 0.0652. The van der Waals surface area contributed by atoms with E-state index in [4.69, 9.17) is 4.74 Å². The molecule has 0 aliphatic carbocycles. The molecular weight excluding hydrogens is 148 g/mol. The molecule has 0 N–H and O–H groups in total. The van der Waals surface area contributed by atoms with Crippen molar-refractivity contribution in [2.45, 2.75) is 26.6 Å². The number of rotatable bonds is 3. The molecule has 1 aromatic rings. The number of ether oxygens (including phenoxy) is 1. The molecule has 56 valence electrons. The molecule has 0 spiro atoms. The molecule has 4 heteroatoms. The first-order chi connectivity index (χ1) is 4.79. The van der Waals surface area contributed by atoms with Gasteiger partial charge in [0.25, 0.3) is 0 Å². The molecule has 0 saturated carbocycles. The average molecular weight is 158 g/mol. The highest BCUT2D eigenvalue weighted by atomic mass is 32.1. The fourth-order valence-electron chi connectivity index (χ4n) is 0.497. The average Bonchev–Trinajstić information content (AvgIpc) is 2.34. The Morgan fingerprint density at radius 2 is 2.50 bits per heavy atom. The third-order valence-corrected chi connectivity index (χ3v) is 1.62. The van der Waals surface area contributed by atoms with Gasteiger partial charge < -0.3 is 4.74 Å². The highest BCUT2D eigenvalue weighted by Crippen LogP contribution is 2.04. The topological polar surface area (TPSA) is 35.0 Å². The molecule has 0 fully saturated rings. The molecular formula is C6H10N2OS. The van der Waals surface area contributed by atoms with Crippen LogP contribution < -0.4 is 0 Å². The first kappa shape index (κ1) is 7.63. The van der Waals surface area contributed by atoms with Gasteiger partial charge in [-0.25, -0.2) is 0 Å². The van der Waals surface area contributed by atoms with Crippen LogP contribution in [0.3, 0.4) is 0 Å². The Hall–Kier alpha value is -0.480. The van der Waals surface area contributed by atoms with Gasteiger partial charge in [0.1, 0.15) is 17.1 Å². The molecule has 0 amide bonds. The Morgan fingerprint density at radius 1 is 1.70 bits per heavy atom. The minimum absolute atomic E-state index is 0.267. The normalized spacial score (nSPS) is 10.7. The van der Waals surface area contributed by atoms with Gasteiger partial charge in [-0.1, -0.05) is 0 Å². The molecule has 0 radical (unpaired) electrons. The number of hydrogen-bond donors (Lipinski definition) is 0. The van der Waals surface area contributed by atoms with E-state index >= 15 is 0 Å². The van der Waals surface area contributed by atoms with Gasteiger partial charge in [-0.2, -0.15) is 0 Å². The van der Waals surface area contributed by atoms with Gasteiger partial charge in [0.2, 0.25) is 0 Å². The predicted molar refractivity (Wildman–Crippen MR) is 39.8 cm³/mol. The van der Waals surface area contributed by atoms with Crippen molar-refractivity contribution in [2.75, 3.05) is 0 Å². The van der Waals surface area contributed by atoms with Crippen LogP contribution in [0, 0.1) is 0 Å². The lowest BCUT2D eigenvalue weighted by Gasteiger charge is -2.02. The molecule has 0 aliphatic heterocycles. The largest absolute Gasteiger partial charge is 0.372 e. The summed E-state index contributed by atoms with van der Waals surface area (Å²) < 4.78 is 5.29. The van der Waals surface area contributed by atoms with Crippen molar-refractivity contribution >= 4 is 11.3 Å². The summed E-state index contributed by atoms with van der Waals surface area (Å²) in [6.07, 6.45) is 0.267. The van der Waals surface area contributed by atoms with E-state index in [-0.39, 0.29) is 6.10 Å². The molecule has 0 unspecified atom stereocenters. The zero-order valence-corrected chi connectivity index (χ0v) is 6.89. The molecule has 10 heavy (non-hydrogen) atoms. The molecule has 0 aromatic carbocycles. The quantitative estimate of drug-likeness (QED) is 0.668. The van der Waals surface area contributed by atoms with E-state index in [9.17, 15) is 0 Å². The SMILES string of the molecule is CC(C)OCc1nncs1. The summed E-state index contributed by atoms with van der Waals surface area (Å²) in [5, 5.41) is 8.46. The third-order valence-electron chi connectivity index (χ3n) is 0.945. The Morgan fingerprint density at radius 3 is 3.00 bits per heavy atom. The smallest absolute Gasteiger partial charge is 0.143 e. The van der Waals surface area contributed by atoms with Crippen molar-refractivity contribution < 1.29 is 4.74 Å². The lowest BCUT2D eigenvalue weighted by atomic mass is 10.5. The Kier molecular flexibility index (Phi) is 2.77. The van der Waals surface area contributed by atoms with Crippen LogP contribution >= 0.6 is 11.3 Å². The summed E-state index contributed by atoms with van der Waals surface area (Å²) in [5.41, 5.74) is 1.71. The van der Waals surface area contributed by atoms with E-state index in [2.05, 4.69) is 10.2 Å². The van der Waals surface area contributed by atoms with Crippen LogP contribution in [0.1, 0.15) is 18.9 Å². The third kappa shape index (κ3) is 2.41. The summed E-state index contributed by atoms with van der Waals surface area (Å²) in [5.74, 6) is 0. The van der Waals surface area contributed by atoms with E-state index in [0.29, 0.717) is 6.61 Å². The van der Waals surface area contributed by atoms with E-state index < -0.39 is 0 Å². The van der Waals surface area contributed by atoms with Crippen molar-refractivity contribution in [3.8, 4) is 0 Å². The Balaban J connectivity index is 2.28. The molecule has 1 heterocycles. The van der Waals surface area contributed by atoms with E-state index in [0.717, 1.165) is 5.01 Å². The van der Waals surface area contributed by atoms with E-state index in [1.54, 1.807) is 5.51 Å². The maximum Gasteiger partial charge on any atom is 0.143 e. The fourth-order valence-corrected chi connectivity index (χ4v) is 0.943. The maximum absolute atomic E-state index is 5.29. The molecule has 0 aliphatic rings. The summed E-state index contributed by atoms with van der Waals surface area (Å²) in [6, 6.07) is 0. The van der Waals surface area contributed by atoms with Crippen LogP contribution in [0.25, 0.3) is 0 Å². The van der Waals surface area contributed by atoms with Gasteiger partial charge >= 0.3 is 0 Å². The highest BCUT2D eigenvalue weighted by molar-refractivity contribution is 7.09. The molecule has 1 rings (SSSR count). The second kappa shape index (κ2) is 3.63. The molecule has 0 saturated heterocycles. The van der Waals surface area contributed by atoms with Crippen molar-refractivity contribution in [3.63, 3.8) is 0 Å². The minimum Gasteiger partial charge on any atom is -0.372 e. The Bertz CT molecular complexity index is 174. The van der Waals surface area contributed by atoms with Crippen molar-refractivity contribution in [3.05, 3.63) is 10.5 Å². The van der Waals surface area contributed by atoms with Crippen molar-refractivity contribution in [2.24, 2.45) is 0 Å². The lowest BCUT2D eigenvalue weighted by Crippen LogP contribution is -2.01. The molecule has 1 aromatic heterocycles. The zero-order chi connectivity index (χ0) is 7.40. The van der Waals surface area contributed by atoms with Crippen molar-refractivity contribution in [1.29, 1.82) is 0 Å². The second-order valence-electron chi connectivity index (χ2n) is 2.19. The summed E-state index contributed by atoms with van der Waals surface area (Å²) in [6.45, 7) is 4.59. The first-order valence-electron chi connectivity index (χ1n) is 3.15. The number of nitrogens with zero attached hydrogens (tertiary/aromatic N) is 2. The summed E-state index contributed by atoms with van der Waals surface area (Å²) in [4.78, 5) is 0. The van der Waals surface area contributed by atoms with Crippen LogP contribution in [0.4, 0.5) is 0 Å². The van der Waals surface area contributed by atoms with Crippen molar-refractivity contribution in [1.82, 2.24) is 10.2 Å². The highest BCUT2D eigenvalue weighted by Gasteiger charge is 1.97. The molecule has 3 nitrogen and oxygen atoms in total. The molecule has 0 atom stereocenters. The number of hydrogen-bond acceptors (Lipinski definition) is 4. The number of aromatic nitrogens is 2. The predicted octanol–water partition coefficient (Wildman–Crippen LogP) is 1.46. The fraction of sp³-hybridized carbons (Fsp3) is 0.667. The van der Waals surface area contributed by atoms with Crippen LogP contribution in [0.5, 0.6) is 0 Å². The minimum atomic E-state index is 0.267. The first-order valence-corrected chi connectivity index (χ1v) is 4.03. The van der Waals surface area contributed by atoms with Crippen LogP contribution in [0.15, 0.2) is 5.51 Å². The van der Waals surface area contributed by atoms with Gasteiger partial charge in [0, 0.05) is 0 Å². The van der Waals surface area contributed by atoms with Crippen LogP contribution in [0.2, 0.25) is 0 Å². The summed E-state index contributed by atoms with van der Waals surface area (Å²) in [7, 11) is 0. The molecule has 0 bridgehead atoms. The van der Waals surface area contributed by atoms with Gasteiger partial charge in [0.15, 0.2) is 0 Å². The zero-order valence-electron chi connectivity index (χ0n) is 6.07. The van der Waals surface area contributed by atoms with Crippen LogP contribution in [-0.2, 0) is 11.3 Å². The second-order valence-corrected chi connectivity index (χ2v) is 3.11. The van der Waals surface area contributed by atoms with Gasteiger partial charge in [-0.3, -0.25) is 0 Å². The van der Waals surface area contributed by atoms with Crippen LogP contribution in [-0.4, -0.2) is 16.3 Å². The Labute approximate surface area is 64.1 Å². The monoisotopic (exact) mass is 158 g/mol. The maximum atomic E-state index is 5.29. The summed E-state index contributed by atoms with van der Waals surface area (Å²) >= 11 is 1.52.